The van der Waals surface area contributed by atoms with Crippen molar-refractivity contribution >= 4 is 11.9 Å². The molecule has 140 valence electrons. The van der Waals surface area contributed by atoms with Crippen LogP contribution in [0.3, 0.4) is 0 Å². The Balaban J connectivity index is 1.50. The zero-order valence-corrected chi connectivity index (χ0v) is 15.2. The van der Waals surface area contributed by atoms with Crippen LogP contribution >= 0.6 is 0 Å². The van der Waals surface area contributed by atoms with Crippen molar-refractivity contribution in [1.29, 1.82) is 0 Å². The van der Waals surface area contributed by atoms with E-state index in [1.54, 1.807) is 12.1 Å². The van der Waals surface area contributed by atoms with Crippen LogP contribution in [-0.2, 0) is 11.3 Å². The SMILES string of the molecule is CC1CCCCC12NC(=O)N(CN(Cc1ccc(F)cc1)C1CC1)C2=O. The highest BCUT2D eigenvalue weighted by molar-refractivity contribution is 6.07. The van der Waals surface area contributed by atoms with Crippen molar-refractivity contribution in [3.05, 3.63) is 35.6 Å². The Morgan fingerprint density at radius 2 is 1.92 bits per heavy atom. The number of halogens is 1. The van der Waals surface area contributed by atoms with Crippen LogP contribution in [0.1, 0.15) is 51.0 Å². The van der Waals surface area contributed by atoms with Crippen LogP contribution in [0.25, 0.3) is 0 Å². The third-order valence-electron chi connectivity index (χ3n) is 6.19. The predicted molar refractivity (Wildman–Crippen MR) is 95.6 cm³/mol. The van der Waals surface area contributed by atoms with Crippen molar-refractivity contribution < 1.29 is 14.0 Å². The first-order valence-electron chi connectivity index (χ1n) is 9.62. The Morgan fingerprint density at radius 1 is 1.19 bits per heavy atom. The summed E-state index contributed by atoms with van der Waals surface area (Å²) in [6.45, 7) is 2.99. The van der Waals surface area contributed by atoms with E-state index in [2.05, 4.69) is 17.1 Å². The normalized spacial score (nSPS) is 28.9. The molecule has 6 heteroatoms. The first-order chi connectivity index (χ1) is 12.5. The third-order valence-corrected chi connectivity index (χ3v) is 6.19. The second kappa shape index (κ2) is 6.65. The number of nitrogens with one attached hydrogen (secondary N) is 1. The van der Waals surface area contributed by atoms with Gasteiger partial charge in [0, 0.05) is 12.6 Å². The number of benzene rings is 1. The molecule has 1 aromatic rings. The van der Waals surface area contributed by atoms with E-state index in [0.29, 0.717) is 19.3 Å². The minimum atomic E-state index is -0.708. The largest absolute Gasteiger partial charge is 0.326 e. The Morgan fingerprint density at radius 3 is 2.58 bits per heavy atom. The average Bonchev–Trinajstić information content (AvgIpc) is 3.43. The molecular weight excluding hydrogens is 333 g/mol. The van der Waals surface area contributed by atoms with Crippen LogP contribution in [0.4, 0.5) is 9.18 Å². The first-order valence-corrected chi connectivity index (χ1v) is 9.62. The molecule has 0 aromatic heterocycles. The summed E-state index contributed by atoms with van der Waals surface area (Å²) in [5.74, 6) is -0.155. The highest BCUT2D eigenvalue weighted by Gasteiger charge is 2.55. The van der Waals surface area contributed by atoms with E-state index in [-0.39, 0.29) is 23.7 Å². The van der Waals surface area contributed by atoms with Gasteiger partial charge in [0.05, 0.1) is 6.67 Å². The molecule has 3 aliphatic rings. The minimum Gasteiger partial charge on any atom is -0.323 e. The van der Waals surface area contributed by atoms with Gasteiger partial charge in [-0.3, -0.25) is 9.69 Å². The molecule has 1 spiro atoms. The monoisotopic (exact) mass is 359 g/mol. The molecular formula is C20H26FN3O2. The summed E-state index contributed by atoms with van der Waals surface area (Å²) in [4.78, 5) is 29.3. The molecule has 3 fully saturated rings. The summed E-state index contributed by atoms with van der Waals surface area (Å²) < 4.78 is 13.1. The Hall–Kier alpha value is -1.95. The van der Waals surface area contributed by atoms with Crippen molar-refractivity contribution in [2.45, 2.75) is 63.6 Å². The molecule has 5 nitrogen and oxygen atoms in total. The van der Waals surface area contributed by atoms with Gasteiger partial charge in [-0.25, -0.2) is 14.1 Å². The zero-order chi connectivity index (χ0) is 18.3. The van der Waals surface area contributed by atoms with Gasteiger partial charge in [-0.15, -0.1) is 0 Å². The molecule has 3 amide bonds. The van der Waals surface area contributed by atoms with Gasteiger partial charge in [0.25, 0.3) is 5.91 Å². The highest BCUT2D eigenvalue weighted by Crippen LogP contribution is 2.39. The van der Waals surface area contributed by atoms with Crippen molar-refractivity contribution in [2.24, 2.45) is 5.92 Å². The van der Waals surface area contributed by atoms with Gasteiger partial charge in [0.1, 0.15) is 11.4 Å². The summed E-state index contributed by atoms with van der Waals surface area (Å²) >= 11 is 0. The van der Waals surface area contributed by atoms with Crippen molar-refractivity contribution in [3.8, 4) is 0 Å². The quantitative estimate of drug-likeness (QED) is 0.821. The van der Waals surface area contributed by atoms with Crippen molar-refractivity contribution in [1.82, 2.24) is 15.1 Å². The Bertz CT molecular complexity index is 704. The number of rotatable bonds is 5. The second-order valence-electron chi connectivity index (χ2n) is 8.03. The fourth-order valence-corrected chi connectivity index (χ4v) is 4.36. The number of carbonyl (C=O) groups is 2. The maximum atomic E-state index is 13.1. The number of amides is 3. The van der Waals surface area contributed by atoms with Gasteiger partial charge in [-0.2, -0.15) is 0 Å². The number of hydrogen-bond acceptors (Lipinski definition) is 3. The van der Waals surface area contributed by atoms with Gasteiger partial charge < -0.3 is 5.32 Å². The average molecular weight is 359 g/mol. The molecule has 0 radical (unpaired) electrons. The lowest BCUT2D eigenvalue weighted by atomic mass is 9.73. The zero-order valence-electron chi connectivity index (χ0n) is 15.2. The van der Waals surface area contributed by atoms with Crippen LogP contribution in [0.5, 0.6) is 0 Å². The molecule has 2 aliphatic carbocycles. The predicted octanol–water partition coefficient (Wildman–Crippen LogP) is 3.25. The first kappa shape index (κ1) is 17.5. The summed E-state index contributed by atoms with van der Waals surface area (Å²) in [5.41, 5.74) is 0.284. The van der Waals surface area contributed by atoms with Gasteiger partial charge >= 0.3 is 6.03 Å². The molecule has 4 rings (SSSR count). The number of carbonyl (C=O) groups excluding carboxylic acids is 2. The fraction of sp³-hybridized carbons (Fsp3) is 0.600. The van der Waals surface area contributed by atoms with E-state index in [1.807, 2.05) is 0 Å². The topological polar surface area (TPSA) is 52.7 Å². The van der Waals surface area contributed by atoms with E-state index in [0.717, 1.165) is 44.1 Å². The summed E-state index contributed by atoms with van der Waals surface area (Å²) in [6, 6.07) is 6.55. The van der Waals surface area contributed by atoms with Crippen LogP contribution in [0.15, 0.2) is 24.3 Å². The van der Waals surface area contributed by atoms with Gasteiger partial charge in [-0.05, 0) is 49.3 Å². The summed E-state index contributed by atoms with van der Waals surface area (Å²) in [5, 5.41) is 3.02. The fourth-order valence-electron chi connectivity index (χ4n) is 4.36. The molecule has 0 bridgehead atoms. The van der Waals surface area contributed by atoms with E-state index >= 15 is 0 Å². The van der Waals surface area contributed by atoms with Crippen LogP contribution in [-0.4, -0.2) is 40.0 Å². The molecule has 2 saturated carbocycles. The molecule has 1 heterocycles. The van der Waals surface area contributed by atoms with Gasteiger partial charge in [-0.1, -0.05) is 31.9 Å². The van der Waals surface area contributed by atoms with E-state index in [4.69, 9.17) is 0 Å². The van der Waals surface area contributed by atoms with Crippen LogP contribution in [0, 0.1) is 11.7 Å². The van der Waals surface area contributed by atoms with Crippen LogP contribution in [0.2, 0.25) is 0 Å². The van der Waals surface area contributed by atoms with Gasteiger partial charge in [0.2, 0.25) is 0 Å². The van der Waals surface area contributed by atoms with E-state index in [9.17, 15) is 14.0 Å². The standard InChI is InChI=1S/C20H26FN3O2/c1-14-4-2-3-11-20(14)18(25)24(19(26)22-20)13-23(17-9-10-17)12-15-5-7-16(21)8-6-15/h5-8,14,17H,2-4,9-13H2,1H3,(H,22,26). The second-order valence-corrected chi connectivity index (χ2v) is 8.03. The maximum Gasteiger partial charge on any atom is 0.326 e. The molecule has 1 N–H and O–H groups in total. The Kier molecular flexibility index (Phi) is 4.47. The maximum absolute atomic E-state index is 13.1. The molecule has 2 unspecified atom stereocenters. The number of nitrogens with zero attached hydrogens (tertiary/aromatic N) is 2. The number of imide groups is 1. The molecule has 2 atom stereocenters. The third kappa shape index (κ3) is 3.11. The molecule has 1 saturated heterocycles. The highest BCUT2D eigenvalue weighted by atomic mass is 19.1. The Labute approximate surface area is 153 Å². The van der Waals surface area contributed by atoms with E-state index < -0.39 is 5.54 Å². The van der Waals surface area contributed by atoms with Crippen LogP contribution < -0.4 is 5.32 Å². The molecule has 1 aromatic carbocycles. The summed E-state index contributed by atoms with van der Waals surface area (Å²) in [7, 11) is 0. The number of urea groups is 1. The van der Waals surface area contributed by atoms with E-state index in [1.165, 1.54) is 17.0 Å². The lowest BCUT2D eigenvalue weighted by Gasteiger charge is -2.37. The lowest BCUT2D eigenvalue weighted by Crippen LogP contribution is -2.54. The minimum absolute atomic E-state index is 0.0699. The number of hydrogen-bond donors (Lipinski definition) is 1. The molecule has 1 aliphatic heterocycles. The van der Waals surface area contributed by atoms with Crippen molar-refractivity contribution in [2.75, 3.05) is 6.67 Å². The molecule has 26 heavy (non-hydrogen) atoms. The smallest absolute Gasteiger partial charge is 0.323 e. The lowest BCUT2D eigenvalue weighted by molar-refractivity contribution is -0.135. The summed E-state index contributed by atoms with van der Waals surface area (Å²) in [6.07, 6.45) is 5.95. The van der Waals surface area contributed by atoms with Gasteiger partial charge in [0.15, 0.2) is 0 Å². The van der Waals surface area contributed by atoms with Crippen molar-refractivity contribution in [3.63, 3.8) is 0 Å².